The monoisotopic (exact) mass is 406 g/mol. The molecule has 4 nitrogen and oxygen atoms in total. The maximum Gasteiger partial charge on any atom is 0.205 e. The number of quaternary nitrogens is 1. The fourth-order valence-electron chi connectivity index (χ4n) is 4.06. The molecule has 2 aliphatic heterocycles. The Morgan fingerprint density at radius 3 is 2.33 bits per heavy atom. The molecule has 0 spiro atoms. The number of likely N-dealkylation sites (N-methyl/N-ethyl adjacent to an activating group) is 1. The first kappa shape index (κ1) is 19.9. The van der Waals surface area contributed by atoms with Crippen LogP contribution in [-0.4, -0.2) is 13.1 Å². The Bertz CT molecular complexity index is 1090. The molecule has 0 radical (unpaired) electrons. The summed E-state index contributed by atoms with van der Waals surface area (Å²) in [5.74, 6) is -0.291. The molecule has 2 heterocycles. The number of hydrogen-bond donors (Lipinski definition) is 2. The molecule has 3 N–H and O–H groups in total. The molecule has 2 aromatic rings. The van der Waals surface area contributed by atoms with Crippen LogP contribution in [0.5, 0.6) is 0 Å². The average molecular weight is 406 g/mol. The summed E-state index contributed by atoms with van der Waals surface area (Å²) in [5, 5.41) is 9.77. The maximum absolute atomic E-state index is 13.5. The van der Waals surface area contributed by atoms with E-state index >= 15 is 0 Å². The standard InChI is InChI=1S/C24H21F2N3O/c1-2-29-13-17(11-15-3-7-18(25)8-4-15)23-21(14-29)22(20(12-27)24(28)30-23)16-5-9-19(26)10-6-16/h3-10,13,22H,2,11,14,28H2,1H3/p+1/t22-/m0/s1. The predicted molar refractivity (Wildman–Crippen MR) is 109 cm³/mol. The van der Waals surface area contributed by atoms with Crippen molar-refractivity contribution >= 4 is 0 Å². The van der Waals surface area contributed by atoms with Gasteiger partial charge >= 0.3 is 0 Å². The van der Waals surface area contributed by atoms with Crippen molar-refractivity contribution in [3.8, 4) is 6.07 Å². The van der Waals surface area contributed by atoms with E-state index in [9.17, 15) is 14.0 Å². The summed E-state index contributed by atoms with van der Waals surface area (Å²) in [6.07, 6.45) is 2.66. The normalized spacial score (nSPS) is 20.9. The zero-order valence-electron chi connectivity index (χ0n) is 16.6. The lowest BCUT2D eigenvalue weighted by molar-refractivity contribution is -0.841. The van der Waals surface area contributed by atoms with Gasteiger partial charge in [-0.3, -0.25) is 0 Å². The molecule has 6 heteroatoms. The minimum atomic E-state index is -0.391. The molecular formula is C24H22F2N3O+. The third-order valence-corrected chi connectivity index (χ3v) is 5.58. The van der Waals surface area contributed by atoms with E-state index in [1.807, 2.05) is 0 Å². The van der Waals surface area contributed by atoms with Crippen LogP contribution in [0.1, 0.15) is 24.0 Å². The van der Waals surface area contributed by atoms with Gasteiger partial charge in [-0.05, 0) is 42.3 Å². The van der Waals surface area contributed by atoms with Crippen molar-refractivity contribution in [2.45, 2.75) is 19.3 Å². The molecule has 4 rings (SSSR count). The first-order valence-corrected chi connectivity index (χ1v) is 9.86. The summed E-state index contributed by atoms with van der Waals surface area (Å²) < 4.78 is 32.8. The van der Waals surface area contributed by atoms with E-state index in [4.69, 9.17) is 10.5 Å². The SMILES string of the molecule is CC[NH+]1C=C(Cc2ccc(F)cc2)C2=C(C1)[C@@H](c1ccc(F)cc1)C(C#N)=C(N)O2. The van der Waals surface area contributed by atoms with Gasteiger partial charge in [-0.1, -0.05) is 24.3 Å². The van der Waals surface area contributed by atoms with Crippen molar-refractivity contribution in [3.63, 3.8) is 0 Å². The first-order valence-electron chi connectivity index (χ1n) is 9.86. The van der Waals surface area contributed by atoms with Crippen LogP contribution in [0.15, 0.2) is 83.1 Å². The molecule has 2 atom stereocenters. The van der Waals surface area contributed by atoms with Gasteiger partial charge in [0, 0.05) is 12.0 Å². The first-order chi connectivity index (χ1) is 14.5. The lowest BCUT2D eigenvalue weighted by Gasteiger charge is -2.34. The van der Waals surface area contributed by atoms with Crippen LogP contribution < -0.4 is 10.6 Å². The highest BCUT2D eigenvalue weighted by Crippen LogP contribution is 2.41. The summed E-state index contributed by atoms with van der Waals surface area (Å²) in [7, 11) is 0. The number of halogens is 2. The van der Waals surface area contributed by atoms with Crippen molar-refractivity contribution in [2.24, 2.45) is 5.73 Å². The highest BCUT2D eigenvalue weighted by Gasteiger charge is 2.38. The molecule has 2 aliphatic rings. The Balaban J connectivity index is 1.80. The summed E-state index contributed by atoms with van der Waals surface area (Å²) in [6, 6.07) is 14.7. The van der Waals surface area contributed by atoms with Gasteiger partial charge in [-0.25, -0.2) is 8.78 Å². The van der Waals surface area contributed by atoms with E-state index in [1.165, 1.54) is 29.2 Å². The zero-order chi connectivity index (χ0) is 21.3. The van der Waals surface area contributed by atoms with Crippen LogP contribution in [0, 0.1) is 23.0 Å². The van der Waals surface area contributed by atoms with Gasteiger partial charge in [-0.2, -0.15) is 5.26 Å². The Hall–Kier alpha value is -3.43. The van der Waals surface area contributed by atoms with Crippen molar-refractivity contribution < 1.29 is 18.4 Å². The lowest BCUT2D eigenvalue weighted by Crippen LogP contribution is -3.08. The van der Waals surface area contributed by atoms with E-state index in [-0.39, 0.29) is 17.5 Å². The van der Waals surface area contributed by atoms with E-state index in [2.05, 4.69) is 19.2 Å². The average Bonchev–Trinajstić information content (AvgIpc) is 2.75. The van der Waals surface area contributed by atoms with Gasteiger partial charge in [0.2, 0.25) is 5.88 Å². The van der Waals surface area contributed by atoms with Crippen molar-refractivity contribution in [3.05, 3.63) is 106 Å². The molecule has 0 saturated heterocycles. The van der Waals surface area contributed by atoms with E-state index in [1.54, 1.807) is 24.3 Å². The summed E-state index contributed by atoms with van der Waals surface area (Å²) in [4.78, 5) is 1.21. The zero-order valence-corrected chi connectivity index (χ0v) is 16.6. The largest absolute Gasteiger partial charge is 0.440 e. The molecular weight excluding hydrogens is 384 g/mol. The second-order valence-corrected chi connectivity index (χ2v) is 7.49. The van der Waals surface area contributed by atoms with Gasteiger partial charge in [0.05, 0.1) is 18.0 Å². The Morgan fingerprint density at radius 2 is 1.73 bits per heavy atom. The van der Waals surface area contributed by atoms with Crippen molar-refractivity contribution in [1.82, 2.24) is 0 Å². The second-order valence-electron chi connectivity index (χ2n) is 7.49. The summed E-state index contributed by atoms with van der Waals surface area (Å²) >= 11 is 0. The third-order valence-electron chi connectivity index (χ3n) is 5.58. The molecule has 0 amide bonds. The number of benzene rings is 2. The molecule has 0 aromatic heterocycles. The number of ether oxygens (including phenoxy) is 1. The fourth-order valence-corrected chi connectivity index (χ4v) is 4.06. The number of allylic oxidation sites excluding steroid dienone is 2. The van der Waals surface area contributed by atoms with E-state index < -0.39 is 5.92 Å². The molecule has 30 heavy (non-hydrogen) atoms. The van der Waals surface area contributed by atoms with E-state index in [0.717, 1.165) is 28.8 Å². The number of nitrogens with one attached hydrogen (secondary N) is 1. The molecule has 0 fully saturated rings. The summed E-state index contributed by atoms with van der Waals surface area (Å²) in [6.45, 7) is 3.58. The topological polar surface area (TPSA) is 63.5 Å². The van der Waals surface area contributed by atoms with Crippen LogP contribution in [0.2, 0.25) is 0 Å². The maximum atomic E-state index is 13.5. The number of nitrogens with zero attached hydrogens (tertiary/aromatic N) is 1. The molecule has 0 saturated carbocycles. The Labute approximate surface area is 174 Å². The van der Waals surface area contributed by atoms with Crippen molar-refractivity contribution in [1.29, 1.82) is 5.26 Å². The third kappa shape index (κ3) is 3.72. The predicted octanol–water partition coefficient (Wildman–Crippen LogP) is 3.07. The van der Waals surface area contributed by atoms with E-state index in [0.29, 0.717) is 24.3 Å². The quantitative estimate of drug-likeness (QED) is 0.820. The van der Waals surface area contributed by atoms with Gasteiger partial charge in [0.15, 0.2) is 0 Å². The van der Waals surface area contributed by atoms with Crippen LogP contribution >= 0.6 is 0 Å². The van der Waals surface area contributed by atoms with Crippen molar-refractivity contribution in [2.75, 3.05) is 13.1 Å². The minimum absolute atomic E-state index is 0.0653. The summed E-state index contributed by atoms with van der Waals surface area (Å²) in [5.41, 5.74) is 10.1. The molecule has 152 valence electrons. The smallest absolute Gasteiger partial charge is 0.205 e. The Morgan fingerprint density at radius 1 is 1.10 bits per heavy atom. The number of nitrogens with two attached hydrogens (primary N) is 1. The van der Waals surface area contributed by atoms with Gasteiger partial charge in [0.25, 0.3) is 0 Å². The van der Waals surface area contributed by atoms with Crippen LogP contribution in [0.3, 0.4) is 0 Å². The molecule has 1 unspecified atom stereocenters. The highest BCUT2D eigenvalue weighted by atomic mass is 19.1. The lowest BCUT2D eigenvalue weighted by atomic mass is 9.80. The van der Waals surface area contributed by atoms with Gasteiger partial charge < -0.3 is 15.4 Å². The fraction of sp³-hybridized carbons (Fsp3) is 0.208. The number of rotatable bonds is 4. The number of hydrogen-bond acceptors (Lipinski definition) is 3. The molecule has 0 aliphatic carbocycles. The van der Waals surface area contributed by atoms with Crippen LogP contribution in [0.4, 0.5) is 8.78 Å². The van der Waals surface area contributed by atoms with Crippen LogP contribution in [0.25, 0.3) is 0 Å². The van der Waals surface area contributed by atoms with Crippen LogP contribution in [-0.2, 0) is 11.2 Å². The van der Waals surface area contributed by atoms with Gasteiger partial charge in [-0.15, -0.1) is 0 Å². The second kappa shape index (κ2) is 8.13. The highest BCUT2D eigenvalue weighted by molar-refractivity contribution is 5.53. The molecule has 0 bridgehead atoms. The number of nitriles is 1. The molecule has 2 aromatic carbocycles. The Kier molecular flexibility index (Phi) is 5.39. The van der Waals surface area contributed by atoms with Gasteiger partial charge in [0.1, 0.15) is 41.8 Å². The minimum Gasteiger partial charge on any atom is -0.440 e.